The minimum Gasteiger partial charge on any atom is -0.444 e. The van der Waals surface area contributed by atoms with Crippen LogP contribution in [0.4, 0.5) is 4.79 Å². The predicted octanol–water partition coefficient (Wildman–Crippen LogP) is 3.94. The van der Waals surface area contributed by atoms with Crippen molar-refractivity contribution in [1.29, 1.82) is 0 Å². The zero-order valence-corrected chi connectivity index (χ0v) is 24.1. The Morgan fingerprint density at radius 1 is 1.05 bits per heavy atom. The van der Waals surface area contributed by atoms with E-state index in [2.05, 4.69) is 16.6 Å². The van der Waals surface area contributed by atoms with Crippen LogP contribution in [0.1, 0.15) is 104 Å². The molecule has 1 aliphatic carbocycles. The van der Waals surface area contributed by atoms with E-state index in [1.54, 1.807) is 45.0 Å². The van der Waals surface area contributed by atoms with Crippen molar-refractivity contribution >= 4 is 23.8 Å². The molecule has 1 aliphatic rings. The summed E-state index contributed by atoms with van der Waals surface area (Å²) in [6, 6.07) is 4.79. The second-order valence-corrected chi connectivity index (χ2v) is 12.1. The third-order valence-corrected chi connectivity index (χ3v) is 6.48. The van der Waals surface area contributed by atoms with Crippen LogP contribution in [0.25, 0.3) is 0 Å². The van der Waals surface area contributed by atoms with Gasteiger partial charge in [-0.2, -0.15) is 0 Å². The fourth-order valence-corrected chi connectivity index (χ4v) is 4.71. The smallest absolute Gasteiger partial charge is 0.408 e. The molecular formula is C30H44N4O5. The van der Waals surface area contributed by atoms with Crippen molar-refractivity contribution in [2.75, 3.05) is 0 Å². The lowest BCUT2D eigenvalue weighted by Crippen LogP contribution is -2.59. The predicted molar refractivity (Wildman–Crippen MR) is 150 cm³/mol. The Bertz CT molecular complexity index is 1060. The van der Waals surface area contributed by atoms with Crippen molar-refractivity contribution in [1.82, 2.24) is 15.5 Å². The highest BCUT2D eigenvalue weighted by molar-refractivity contribution is 5.93. The number of rotatable bonds is 9. The van der Waals surface area contributed by atoms with Crippen molar-refractivity contribution in [3.63, 3.8) is 0 Å². The third kappa shape index (κ3) is 9.93. The average Bonchev–Trinajstić information content (AvgIpc) is 2.83. The minimum atomic E-state index is -1.15. The SMILES string of the molecule is C#Cc1ccc(C(C(=O)NC2CCCCC2)N(C(=O)C(CCC(N)=O)NC(=O)OC(C)(C)C)C(C)(C)C)cc1. The number of hydrogen-bond acceptors (Lipinski definition) is 5. The highest BCUT2D eigenvalue weighted by atomic mass is 16.6. The van der Waals surface area contributed by atoms with Gasteiger partial charge in [0.15, 0.2) is 0 Å². The second kappa shape index (κ2) is 13.5. The number of amides is 4. The molecule has 9 heteroatoms. The Balaban J connectivity index is 2.53. The highest BCUT2D eigenvalue weighted by Gasteiger charge is 2.42. The molecule has 9 nitrogen and oxygen atoms in total. The van der Waals surface area contributed by atoms with Crippen molar-refractivity contribution in [3.8, 4) is 12.3 Å². The maximum Gasteiger partial charge on any atom is 0.408 e. The maximum atomic E-state index is 14.2. The number of nitrogens with zero attached hydrogens (tertiary/aromatic N) is 1. The Labute approximate surface area is 232 Å². The molecule has 1 fully saturated rings. The molecular weight excluding hydrogens is 496 g/mol. The molecule has 1 aromatic carbocycles. The topological polar surface area (TPSA) is 131 Å². The van der Waals surface area contributed by atoms with E-state index < -0.39 is 41.1 Å². The van der Waals surface area contributed by atoms with Crippen LogP contribution in [0.3, 0.4) is 0 Å². The number of nitrogens with two attached hydrogens (primary N) is 1. The standard InChI is InChI=1S/C30H44N4O5/c1-8-20-14-16-21(17-15-20)25(26(36)32-22-12-10-9-11-13-22)34(29(2,3)4)27(37)23(18-19-24(31)35)33-28(38)39-30(5,6)7/h1,14-17,22-23,25H,9-13,18-19H2,2-7H3,(H2,31,35)(H,32,36)(H,33,38). The van der Waals surface area contributed by atoms with Crippen LogP contribution in [0.5, 0.6) is 0 Å². The van der Waals surface area contributed by atoms with E-state index in [0.29, 0.717) is 11.1 Å². The number of alkyl carbamates (subject to hydrolysis) is 1. The summed E-state index contributed by atoms with van der Waals surface area (Å²) in [6.45, 7) is 10.6. The summed E-state index contributed by atoms with van der Waals surface area (Å²) in [5.74, 6) is 1.11. The van der Waals surface area contributed by atoms with Gasteiger partial charge in [0.2, 0.25) is 17.7 Å². The van der Waals surface area contributed by atoms with E-state index >= 15 is 0 Å². The first-order valence-corrected chi connectivity index (χ1v) is 13.6. The van der Waals surface area contributed by atoms with Crippen LogP contribution in [0.15, 0.2) is 24.3 Å². The van der Waals surface area contributed by atoms with Crippen LogP contribution in [-0.2, 0) is 19.1 Å². The highest BCUT2D eigenvalue weighted by Crippen LogP contribution is 2.31. The molecule has 0 saturated heterocycles. The molecule has 2 rings (SSSR count). The number of nitrogens with one attached hydrogen (secondary N) is 2. The van der Waals surface area contributed by atoms with Gasteiger partial charge in [-0.1, -0.05) is 37.3 Å². The monoisotopic (exact) mass is 540 g/mol. The number of ether oxygens (including phenoxy) is 1. The quantitative estimate of drug-likeness (QED) is 0.408. The largest absolute Gasteiger partial charge is 0.444 e. The summed E-state index contributed by atoms with van der Waals surface area (Å²) < 4.78 is 5.37. The zero-order chi connectivity index (χ0) is 29.4. The van der Waals surface area contributed by atoms with Crippen molar-refractivity contribution in [2.24, 2.45) is 5.73 Å². The van der Waals surface area contributed by atoms with E-state index in [4.69, 9.17) is 16.9 Å². The molecule has 2 atom stereocenters. The molecule has 1 saturated carbocycles. The van der Waals surface area contributed by atoms with Gasteiger partial charge in [0.1, 0.15) is 17.7 Å². The van der Waals surface area contributed by atoms with Gasteiger partial charge in [-0.15, -0.1) is 6.42 Å². The summed E-state index contributed by atoms with van der Waals surface area (Å²) in [6.07, 6.45) is 9.49. The Morgan fingerprint density at radius 3 is 2.13 bits per heavy atom. The maximum absolute atomic E-state index is 14.2. The van der Waals surface area contributed by atoms with Crippen molar-refractivity contribution in [2.45, 2.75) is 116 Å². The van der Waals surface area contributed by atoms with E-state index in [0.717, 1.165) is 32.1 Å². The number of hydrogen-bond donors (Lipinski definition) is 3. The molecule has 1 aromatic rings. The molecule has 0 radical (unpaired) electrons. The van der Waals surface area contributed by atoms with Gasteiger partial charge >= 0.3 is 6.09 Å². The number of carbonyl (C=O) groups is 4. The first-order chi connectivity index (χ1) is 18.1. The molecule has 4 amide bonds. The van der Waals surface area contributed by atoms with E-state index in [9.17, 15) is 19.2 Å². The van der Waals surface area contributed by atoms with Crippen LogP contribution in [0, 0.1) is 12.3 Å². The first-order valence-electron chi connectivity index (χ1n) is 13.6. The average molecular weight is 541 g/mol. The normalized spacial score (nSPS) is 15.8. The van der Waals surface area contributed by atoms with Crippen LogP contribution >= 0.6 is 0 Å². The van der Waals surface area contributed by atoms with E-state index in [1.807, 2.05) is 20.8 Å². The van der Waals surface area contributed by atoms with Gasteiger partial charge in [0.25, 0.3) is 0 Å². The van der Waals surface area contributed by atoms with Crippen molar-refractivity contribution in [3.05, 3.63) is 35.4 Å². The number of carbonyl (C=O) groups excluding carboxylic acids is 4. The summed E-state index contributed by atoms with van der Waals surface area (Å²) in [7, 11) is 0. The third-order valence-electron chi connectivity index (χ3n) is 6.48. The summed E-state index contributed by atoms with van der Waals surface area (Å²) in [4.78, 5) is 53.9. The molecule has 0 heterocycles. The van der Waals surface area contributed by atoms with Gasteiger partial charge in [0, 0.05) is 23.6 Å². The van der Waals surface area contributed by atoms with Crippen LogP contribution < -0.4 is 16.4 Å². The van der Waals surface area contributed by atoms with E-state index in [-0.39, 0.29) is 24.8 Å². The number of terminal acetylenes is 1. The van der Waals surface area contributed by atoms with Crippen LogP contribution in [0.2, 0.25) is 0 Å². The summed E-state index contributed by atoms with van der Waals surface area (Å²) >= 11 is 0. The minimum absolute atomic E-state index is 0.0150. The molecule has 0 bridgehead atoms. The molecule has 39 heavy (non-hydrogen) atoms. The fraction of sp³-hybridized carbons (Fsp3) is 0.600. The molecule has 0 spiro atoms. The van der Waals surface area contributed by atoms with Gasteiger partial charge in [-0.25, -0.2) is 4.79 Å². The molecule has 0 aromatic heterocycles. The lowest BCUT2D eigenvalue weighted by molar-refractivity contribution is -0.149. The zero-order valence-electron chi connectivity index (χ0n) is 24.1. The van der Waals surface area contributed by atoms with Gasteiger partial charge in [-0.05, 0) is 78.5 Å². The van der Waals surface area contributed by atoms with Crippen molar-refractivity contribution < 1.29 is 23.9 Å². The summed E-state index contributed by atoms with van der Waals surface area (Å²) in [5, 5.41) is 5.76. The second-order valence-electron chi connectivity index (χ2n) is 12.1. The fourth-order valence-electron chi connectivity index (χ4n) is 4.71. The lowest BCUT2D eigenvalue weighted by atomic mass is 9.92. The Morgan fingerprint density at radius 2 is 1.64 bits per heavy atom. The van der Waals surface area contributed by atoms with Crippen LogP contribution in [-0.4, -0.2) is 51.9 Å². The lowest BCUT2D eigenvalue weighted by Gasteiger charge is -2.43. The molecule has 0 aliphatic heterocycles. The van der Waals surface area contributed by atoms with Gasteiger partial charge in [0.05, 0.1) is 0 Å². The summed E-state index contributed by atoms with van der Waals surface area (Å²) in [5.41, 5.74) is 4.95. The van der Waals surface area contributed by atoms with E-state index in [1.165, 1.54) is 4.90 Å². The first kappa shape index (κ1) is 31.7. The number of primary amides is 1. The molecule has 4 N–H and O–H groups in total. The Hall–Kier alpha value is -3.54. The molecule has 214 valence electrons. The number of benzene rings is 1. The van der Waals surface area contributed by atoms with Gasteiger partial charge in [-0.3, -0.25) is 14.4 Å². The van der Waals surface area contributed by atoms with Gasteiger partial charge < -0.3 is 26.0 Å². The molecule has 2 unspecified atom stereocenters. The Kier molecular flexibility index (Phi) is 11.0.